The molecule has 0 aliphatic rings. The third-order valence-corrected chi connectivity index (χ3v) is 4.33. The van der Waals surface area contributed by atoms with E-state index in [-0.39, 0.29) is 5.97 Å². The fraction of sp³-hybridized carbons (Fsp3) is 0.100. The van der Waals surface area contributed by atoms with Crippen LogP contribution < -0.4 is 0 Å². The minimum absolute atomic E-state index is 0.389. The van der Waals surface area contributed by atoms with Crippen LogP contribution in [0.1, 0.15) is 21.5 Å². The Morgan fingerprint density at radius 2 is 1.88 bits per heavy atom. The van der Waals surface area contributed by atoms with E-state index in [0.29, 0.717) is 16.1 Å². The molecule has 0 fully saturated rings. The Hall–Kier alpha value is -2.83. The second kappa shape index (κ2) is 6.35. The van der Waals surface area contributed by atoms with Crippen LogP contribution in [0, 0.1) is 18.3 Å². The van der Waals surface area contributed by atoms with Gasteiger partial charge in [0.2, 0.25) is 0 Å². The summed E-state index contributed by atoms with van der Waals surface area (Å²) in [6.07, 6.45) is 0. The molecule has 0 aliphatic carbocycles. The zero-order valence-electron chi connectivity index (χ0n) is 13.3. The Morgan fingerprint density at radius 3 is 2.54 bits per heavy atom. The number of hydrogen-bond donors (Lipinski definition) is 0. The van der Waals surface area contributed by atoms with E-state index in [2.05, 4.69) is 6.07 Å². The zero-order valence-corrected chi connectivity index (χ0v) is 14.0. The molecule has 4 heteroatoms. The molecule has 0 saturated carbocycles. The van der Waals surface area contributed by atoms with Gasteiger partial charge >= 0.3 is 5.97 Å². The monoisotopic (exact) mass is 335 g/mol. The standard InChI is InChI=1S/C20H14ClNO2/c1-12-9-13(11-22)3-7-16(12)19-17-10-15(20(23)24-2)5-4-14(17)6-8-18(19)21/h3-10H,1-2H3. The first-order valence-corrected chi connectivity index (χ1v) is 7.74. The lowest BCUT2D eigenvalue weighted by atomic mass is 9.93. The molecule has 0 radical (unpaired) electrons. The Morgan fingerprint density at radius 1 is 1.12 bits per heavy atom. The molecule has 118 valence electrons. The molecule has 24 heavy (non-hydrogen) atoms. The maximum absolute atomic E-state index is 11.8. The lowest BCUT2D eigenvalue weighted by molar-refractivity contribution is 0.0601. The molecule has 3 aromatic rings. The largest absolute Gasteiger partial charge is 0.465 e. The van der Waals surface area contributed by atoms with E-state index >= 15 is 0 Å². The number of rotatable bonds is 2. The lowest BCUT2D eigenvalue weighted by Crippen LogP contribution is -2.01. The van der Waals surface area contributed by atoms with Crippen LogP contribution in [0.4, 0.5) is 0 Å². The highest BCUT2D eigenvalue weighted by atomic mass is 35.5. The fourth-order valence-corrected chi connectivity index (χ4v) is 3.09. The van der Waals surface area contributed by atoms with Crippen LogP contribution in [-0.2, 0) is 4.74 Å². The normalized spacial score (nSPS) is 10.4. The molecule has 3 nitrogen and oxygen atoms in total. The van der Waals surface area contributed by atoms with Crippen molar-refractivity contribution in [3.63, 3.8) is 0 Å². The number of methoxy groups -OCH3 is 1. The van der Waals surface area contributed by atoms with E-state index in [1.54, 1.807) is 18.2 Å². The first kappa shape index (κ1) is 16.0. The third-order valence-electron chi connectivity index (χ3n) is 4.02. The van der Waals surface area contributed by atoms with E-state index < -0.39 is 0 Å². The number of halogens is 1. The number of carbonyl (C=O) groups excluding carboxylic acids is 1. The predicted octanol–water partition coefficient (Wildman–Crippen LogP) is 5.13. The van der Waals surface area contributed by atoms with Gasteiger partial charge in [-0.3, -0.25) is 0 Å². The molecule has 0 atom stereocenters. The Labute approximate surface area is 145 Å². The number of carbonyl (C=O) groups is 1. The van der Waals surface area contributed by atoms with Crippen molar-refractivity contribution < 1.29 is 9.53 Å². The summed E-state index contributed by atoms with van der Waals surface area (Å²) in [6, 6.07) is 16.8. The molecule has 0 aliphatic heterocycles. The highest BCUT2D eigenvalue weighted by Crippen LogP contribution is 2.37. The number of hydrogen-bond acceptors (Lipinski definition) is 3. The van der Waals surface area contributed by atoms with Crippen molar-refractivity contribution >= 4 is 28.3 Å². The van der Waals surface area contributed by atoms with E-state index in [4.69, 9.17) is 21.6 Å². The molecule has 0 unspecified atom stereocenters. The molecule has 0 spiro atoms. The van der Waals surface area contributed by atoms with E-state index in [1.165, 1.54) is 7.11 Å². The number of benzene rings is 3. The average molecular weight is 336 g/mol. The summed E-state index contributed by atoms with van der Waals surface area (Å²) in [6.45, 7) is 1.94. The smallest absolute Gasteiger partial charge is 0.337 e. The van der Waals surface area contributed by atoms with Gasteiger partial charge in [0, 0.05) is 10.6 Å². The van der Waals surface area contributed by atoms with Crippen molar-refractivity contribution in [2.24, 2.45) is 0 Å². The van der Waals surface area contributed by atoms with Gasteiger partial charge in [-0.05, 0) is 59.2 Å². The summed E-state index contributed by atoms with van der Waals surface area (Å²) in [4.78, 5) is 11.8. The van der Waals surface area contributed by atoms with E-state index in [9.17, 15) is 4.79 Å². The first-order chi connectivity index (χ1) is 11.5. The van der Waals surface area contributed by atoms with Gasteiger partial charge in [0.15, 0.2) is 0 Å². The number of fused-ring (bicyclic) bond motifs is 1. The first-order valence-electron chi connectivity index (χ1n) is 7.37. The van der Waals surface area contributed by atoms with Gasteiger partial charge in [0.1, 0.15) is 0 Å². The number of nitrogens with zero attached hydrogens (tertiary/aromatic N) is 1. The summed E-state index contributed by atoms with van der Waals surface area (Å²) in [7, 11) is 1.36. The van der Waals surface area contributed by atoms with Crippen molar-refractivity contribution in [3.8, 4) is 17.2 Å². The van der Waals surface area contributed by atoms with Gasteiger partial charge in [-0.1, -0.05) is 29.8 Å². The molecular formula is C20H14ClNO2. The highest BCUT2D eigenvalue weighted by Gasteiger charge is 2.14. The average Bonchev–Trinajstić information content (AvgIpc) is 2.61. The van der Waals surface area contributed by atoms with Crippen molar-refractivity contribution in [1.29, 1.82) is 5.26 Å². The number of aryl methyl sites for hydroxylation is 1. The van der Waals surface area contributed by atoms with Gasteiger partial charge in [-0.15, -0.1) is 0 Å². The van der Waals surface area contributed by atoms with Crippen LogP contribution in [0.5, 0.6) is 0 Å². The number of nitriles is 1. The summed E-state index contributed by atoms with van der Waals surface area (Å²) in [5, 5.41) is 11.5. The molecule has 0 N–H and O–H groups in total. The fourth-order valence-electron chi connectivity index (χ4n) is 2.83. The van der Waals surface area contributed by atoms with Gasteiger partial charge in [0.25, 0.3) is 0 Å². The van der Waals surface area contributed by atoms with Crippen LogP contribution in [0.3, 0.4) is 0 Å². The van der Waals surface area contributed by atoms with Crippen LogP contribution >= 0.6 is 11.6 Å². The molecule has 3 aromatic carbocycles. The molecule has 0 saturated heterocycles. The molecule has 0 bridgehead atoms. The summed E-state index contributed by atoms with van der Waals surface area (Å²) in [5.41, 5.74) is 3.81. The van der Waals surface area contributed by atoms with Gasteiger partial charge in [-0.25, -0.2) is 4.79 Å². The van der Waals surface area contributed by atoms with Crippen molar-refractivity contribution in [2.75, 3.05) is 7.11 Å². The molecule has 0 amide bonds. The van der Waals surface area contributed by atoms with E-state index in [0.717, 1.165) is 27.5 Å². The summed E-state index contributed by atoms with van der Waals surface area (Å²) in [5.74, 6) is -0.389. The van der Waals surface area contributed by atoms with Crippen molar-refractivity contribution in [3.05, 3.63) is 70.2 Å². The predicted molar refractivity (Wildman–Crippen MR) is 95.2 cm³/mol. The van der Waals surface area contributed by atoms with E-state index in [1.807, 2.05) is 37.3 Å². The minimum atomic E-state index is -0.389. The highest BCUT2D eigenvalue weighted by molar-refractivity contribution is 6.35. The Balaban J connectivity index is 2.32. The SMILES string of the molecule is COC(=O)c1ccc2ccc(Cl)c(-c3ccc(C#N)cc3C)c2c1. The maximum Gasteiger partial charge on any atom is 0.337 e. The molecular weight excluding hydrogens is 322 g/mol. The van der Waals surface area contributed by atoms with Gasteiger partial charge < -0.3 is 4.74 Å². The van der Waals surface area contributed by atoms with Gasteiger partial charge in [0.05, 0.1) is 24.3 Å². The maximum atomic E-state index is 11.8. The zero-order chi connectivity index (χ0) is 17.3. The van der Waals surface area contributed by atoms with Crippen LogP contribution in [0.25, 0.3) is 21.9 Å². The summed E-state index contributed by atoms with van der Waals surface area (Å²) < 4.78 is 4.81. The van der Waals surface area contributed by atoms with Crippen molar-refractivity contribution in [1.82, 2.24) is 0 Å². The van der Waals surface area contributed by atoms with Crippen LogP contribution in [0.15, 0.2) is 48.5 Å². The van der Waals surface area contributed by atoms with Crippen LogP contribution in [-0.4, -0.2) is 13.1 Å². The third kappa shape index (κ3) is 2.73. The lowest BCUT2D eigenvalue weighted by Gasteiger charge is -2.13. The topological polar surface area (TPSA) is 50.1 Å². The van der Waals surface area contributed by atoms with Crippen molar-refractivity contribution in [2.45, 2.75) is 6.92 Å². The van der Waals surface area contributed by atoms with Gasteiger partial charge in [-0.2, -0.15) is 5.26 Å². The second-order valence-electron chi connectivity index (χ2n) is 5.49. The second-order valence-corrected chi connectivity index (χ2v) is 5.90. The van der Waals surface area contributed by atoms with Crippen LogP contribution in [0.2, 0.25) is 5.02 Å². The Kier molecular flexibility index (Phi) is 4.24. The quantitative estimate of drug-likeness (QED) is 0.610. The molecule has 0 aromatic heterocycles. The Bertz CT molecular complexity index is 1000. The number of esters is 1. The number of ether oxygens (including phenoxy) is 1. The minimum Gasteiger partial charge on any atom is -0.465 e. The molecule has 0 heterocycles. The molecule has 3 rings (SSSR count). The summed E-state index contributed by atoms with van der Waals surface area (Å²) >= 11 is 6.47.